The van der Waals surface area contributed by atoms with E-state index in [1.807, 2.05) is 24.3 Å². The highest BCUT2D eigenvalue weighted by molar-refractivity contribution is 5.89. The van der Waals surface area contributed by atoms with E-state index in [1.165, 1.54) is 5.56 Å². The predicted molar refractivity (Wildman–Crippen MR) is 66.7 cm³/mol. The number of benzene rings is 1. The van der Waals surface area contributed by atoms with Crippen LogP contribution in [0.2, 0.25) is 0 Å². The van der Waals surface area contributed by atoms with Crippen molar-refractivity contribution in [3.63, 3.8) is 0 Å². The third-order valence-electron chi connectivity index (χ3n) is 3.68. The van der Waals surface area contributed by atoms with Gasteiger partial charge in [-0.3, -0.25) is 9.69 Å². The molecule has 1 atom stereocenters. The third-order valence-corrected chi connectivity index (χ3v) is 3.68. The monoisotopic (exact) mass is 245 g/mol. The molecule has 1 heterocycles. The Labute approximate surface area is 106 Å². The van der Waals surface area contributed by atoms with Gasteiger partial charge in [0.2, 0.25) is 0 Å². The van der Waals surface area contributed by atoms with Gasteiger partial charge in [0.1, 0.15) is 12.4 Å². The van der Waals surface area contributed by atoms with E-state index in [2.05, 4.69) is 0 Å². The standard InChI is InChI=1S/C14H15NO3/c16-13-6-3-11(9-13)10-1-4-12(5-2-10)15-7-8-18-14(15)17/h1-2,4-5,11H,3,6-9H2. The molecule has 1 saturated heterocycles. The number of carbonyl (C=O) groups excluding carboxylic acids is 2. The predicted octanol–water partition coefficient (Wildman–Crippen LogP) is 2.48. The van der Waals surface area contributed by atoms with E-state index in [0.29, 0.717) is 37.7 Å². The molecule has 0 N–H and O–H groups in total. The second-order valence-corrected chi connectivity index (χ2v) is 4.84. The lowest BCUT2D eigenvalue weighted by molar-refractivity contribution is -0.117. The minimum Gasteiger partial charge on any atom is -0.447 e. The van der Waals surface area contributed by atoms with Gasteiger partial charge >= 0.3 is 6.09 Å². The largest absolute Gasteiger partial charge is 0.447 e. The number of rotatable bonds is 2. The van der Waals surface area contributed by atoms with Crippen LogP contribution in [0.1, 0.15) is 30.7 Å². The highest BCUT2D eigenvalue weighted by Gasteiger charge is 2.25. The number of anilines is 1. The van der Waals surface area contributed by atoms with Crippen molar-refractivity contribution in [3.8, 4) is 0 Å². The molecule has 0 bridgehead atoms. The summed E-state index contributed by atoms with van der Waals surface area (Å²) in [7, 11) is 0. The number of ketones is 1. The second-order valence-electron chi connectivity index (χ2n) is 4.84. The number of hydrogen-bond acceptors (Lipinski definition) is 3. The Balaban J connectivity index is 1.76. The minimum atomic E-state index is -0.279. The lowest BCUT2D eigenvalue weighted by atomic mass is 9.97. The van der Waals surface area contributed by atoms with Crippen molar-refractivity contribution < 1.29 is 14.3 Å². The Bertz CT molecular complexity index is 480. The number of cyclic esters (lactones) is 1. The lowest BCUT2D eigenvalue weighted by Crippen LogP contribution is -2.23. The van der Waals surface area contributed by atoms with Gasteiger partial charge in [-0.2, -0.15) is 0 Å². The van der Waals surface area contributed by atoms with Crippen LogP contribution in [-0.2, 0) is 9.53 Å². The van der Waals surface area contributed by atoms with Crippen molar-refractivity contribution in [2.45, 2.75) is 25.2 Å². The molecule has 1 aromatic rings. The van der Waals surface area contributed by atoms with Crippen molar-refractivity contribution in [2.24, 2.45) is 0 Å². The summed E-state index contributed by atoms with van der Waals surface area (Å²) in [5, 5.41) is 0. The van der Waals surface area contributed by atoms with Crippen molar-refractivity contribution >= 4 is 17.6 Å². The van der Waals surface area contributed by atoms with Crippen molar-refractivity contribution in [2.75, 3.05) is 18.1 Å². The zero-order valence-electron chi connectivity index (χ0n) is 10.1. The zero-order valence-corrected chi connectivity index (χ0v) is 10.1. The summed E-state index contributed by atoms with van der Waals surface area (Å²) in [6, 6.07) is 7.91. The molecule has 1 aliphatic heterocycles. The van der Waals surface area contributed by atoms with Crippen LogP contribution in [0.15, 0.2) is 24.3 Å². The number of nitrogens with zero attached hydrogens (tertiary/aromatic N) is 1. The molecule has 0 aromatic heterocycles. The Hall–Kier alpha value is -1.84. The first kappa shape index (κ1) is 11.3. The van der Waals surface area contributed by atoms with Crippen LogP contribution in [0.25, 0.3) is 0 Å². The number of ether oxygens (including phenoxy) is 1. The van der Waals surface area contributed by atoms with Crippen LogP contribution in [-0.4, -0.2) is 25.0 Å². The molecular formula is C14H15NO3. The molecule has 1 amide bonds. The maximum atomic E-state index is 11.4. The zero-order chi connectivity index (χ0) is 12.5. The highest BCUT2D eigenvalue weighted by Crippen LogP contribution is 2.33. The topological polar surface area (TPSA) is 46.6 Å². The smallest absolute Gasteiger partial charge is 0.414 e. The molecule has 0 spiro atoms. The van der Waals surface area contributed by atoms with Crippen LogP contribution in [0, 0.1) is 0 Å². The Morgan fingerprint density at radius 3 is 2.50 bits per heavy atom. The van der Waals surface area contributed by atoms with Gasteiger partial charge in [0.15, 0.2) is 0 Å². The second kappa shape index (κ2) is 4.44. The fraction of sp³-hybridized carbons (Fsp3) is 0.429. The van der Waals surface area contributed by atoms with Gasteiger partial charge in [-0.15, -0.1) is 0 Å². The Morgan fingerprint density at radius 2 is 1.94 bits per heavy atom. The minimum absolute atomic E-state index is 0.279. The molecular weight excluding hydrogens is 230 g/mol. The van der Waals surface area contributed by atoms with E-state index in [0.717, 1.165) is 12.1 Å². The molecule has 2 fully saturated rings. The average molecular weight is 245 g/mol. The first-order valence-corrected chi connectivity index (χ1v) is 6.30. The van der Waals surface area contributed by atoms with Crippen molar-refractivity contribution in [3.05, 3.63) is 29.8 Å². The van der Waals surface area contributed by atoms with E-state index in [-0.39, 0.29) is 6.09 Å². The van der Waals surface area contributed by atoms with Crippen LogP contribution < -0.4 is 4.90 Å². The normalized spacial score (nSPS) is 23.6. The molecule has 1 aliphatic carbocycles. The van der Waals surface area contributed by atoms with E-state index in [1.54, 1.807) is 4.90 Å². The molecule has 1 aromatic carbocycles. The lowest BCUT2D eigenvalue weighted by Gasteiger charge is -2.14. The highest BCUT2D eigenvalue weighted by atomic mass is 16.6. The van der Waals surface area contributed by atoms with E-state index in [9.17, 15) is 9.59 Å². The Kier molecular flexibility index (Phi) is 2.78. The van der Waals surface area contributed by atoms with E-state index < -0.39 is 0 Å². The van der Waals surface area contributed by atoms with E-state index >= 15 is 0 Å². The number of Topliss-reactive ketones (excluding diaryl/α,β-unsaturated/α-hetero) is 1. The summed E-state index contributed by atoms with van der Waals surface area (Å²) < 4.78 is 4.91. The molecule has 4 heteroatoms. The SMILES string of the molecule is O=C1CCC(c2ccc(N3CCOC3=O)cc2)C1. The van der Waals surface area contributed by atoms with Crippen LogP contribution in [0.4, 0.5) is 10.5 Å². The Morgan fingerprint density at radius 1 is 1.17 bits per heavy atom. The maximum Gasteiger partial charge on any atom is 0.414 e. The molecule has 1 unspecified atom stereocenters. The molecule has 2 aliphatic rings. The quantitative estimate of drug-likeness (QED) is 0.804. The first-order valence-electron chi connectivity index (χ1n) is 6.30. The molecule has 3 rings (SSSR count). The van der Waals surface area contributed by atoms with Gasteiger partial charge in [-0.25, -0.2) is 4.79 Å². The number of hydrogen-bond donors (Lipinski definition) is 0. The summed E-state index contributed by atoms with van der Waals surface area (Å²) in [6.07, 6.45) is 2.03. The molecule has 1 saturated carbocycles. The molecule has 4 nitrogen and oxygen atoms in total. The van der Waals surface area contributed by atoms with Gasteiger partial charge in [0.25, 0.3) is 0 Å². The first-order chi connectivity index (χ1) is 8.74. The van der Waals surface area contributed by atoms with Gasteiger partial charge in [-0.1, -0.05) is 12.1 Å². The van der Waals surface area contributed by atoms with Crippen LogP contribution >= 0.6 is 0 Å². The van der Waals surface area contributed by atoms with E-state index in [4.69, 9.17) is 4.74 Å². The maximum absolute atomic E-state index is 11.4. The summed E-state index contributed by atoms with van der Waals surface area (Å²) in [5.41, 5.74) is 2.06. The molecule has 94 valence electrons. The molecule has 0 radical (unpaired) electrons. The van der Waals surface area contributed by atoms with Gasteiger partial charge in [0.05, 0.1) is 6.54 Å². The fourth-order valence-corrected chi connectivity index (χ4v) is 2.65. The van der Waals surface area contributed by atoms with Gasteiger partial charge in [-0.05, 0) is 30.0 Å². The van der Waals surface area contributed by atoms with Gasteiger partial charge < -0.3 is 4.74 Å². The third kappa shape index (κ3) is 1.98. The van der Waals surface area contributed by atoms with Gasteiger partial charge in [0, 0.05) is 18.5 Å². The fourth-order valence-electron chi connectivity index (χ4n) is 2.65. The summed E-state index contributed by atoms with van der Waals surface area (Å²) in [4.78, 5) is 24.3. The molecule has 18 heavy (non-hydrogen) atoms. The van der Waals surface area contributed by atoms with Crippen molar-refractivity contribution in [1.29, 1.82) is 0 Å². The van der Waals surface area contributed by atoms with Crippen LogP contribution in [0.5, 0.6) is 0 Å². The summed E-state index contributed by atoms with van der Waals surface area (Å²) in [5.74, 6) is 0.712. The van der Waals surface area contributed by atoms with Crippen LogP contribution in [0.3, 0.4) is 0 Å². The summed E-state index contributed by atoms with van der Waals surface area (Å²) in [6.45, 7) is 1.07. The number of amides is 1. The van der Waals surface area contributed by atoms with Crippen molar-refractivity contribution in [1.82, 2.24) is 0 Å². The number of carbonyl (C=O) groups is 2. The summed E-state index contributed by atoms with van der Waals surface area (Å²) >= 11 is 0. The average Bonchev–Trinajstić information content (AvgIpc) is 2.98.